The molecule has 0 heterocycles. The number of hydrogen-bond acceptors (Lipinski definition) is 1. The third-order valence-electron chi connectivity index (χ3n) is 1.25. The van der Waals surface area contributed by atoms with Gasteiger partial charge in [0.15, 0.2) is 0 Å². The van der Waals surface area contributed by atoms with E-state index < -0.39 is 0 Å². The van der Waals surface area contributed by atoms with E-state index in [4.69, 9.17) is 11.7 Å². The average molecular weight is 253 g/mol. The fraction of sp³-hybridized carbons (Fsp3) is 0. The van der Waals surface area contributed by atoms with Crippen molar-refractivity contribution in [2.45, 2.75) is 0 Å². The SMILES string of the molecule is C#Cc1cc(C#N)ccc1I. The van der Waals surface area contributed by atoms with Crippen LogP contribution in [0.1, 0.15) is 11.1 Å². The smallest absolute Gasteiger partial charge is 0.0992 e. The van der Waals surface area contributed by atoms with Crippen molar-refractivity contribution in [2.75, 3.05) is 0 Å². The molecule has 0 amide bonds. The number of hydrogen-bond donors (Lipinski definition) is 0. The highest BCUT2D eigenvalue weighted by molar-refractivity contribution is 14.1. The molecule has 0 spiro atoms. The van der Waals surface area contributed by atoms with Gasteiger partial charge in [-0.15, -0.1) is 6.42 Å². The van der Waals surface area contributed by atoms with Gasteiger partial charge in [-0.3, -0.25) is 0 Å². The van der Waals surface area contributed by atoms with Gasteiger partial charge in [-0.2, -0.15) is 5.26 Å². The van der Waals surface area contributed by atoms with Gasteiger partial charge in [0.25, 0.3) is 0 Å². The van der Waals surface area contributed by atoms with Gasteiger partial charge < -0.3 is 0 Å². The Morgan fingerprint density at radius 1 is 1.45 bits per heavy atom. The van der Waals surface area contributed by atoms with E-state index >= 15 is 0 Å². The summed E-state index contributed by atoms with van der Waals surface area (Å²) in [5.41, 5.74) is 1.39. The van der Waals surface area contributed by atoms with Crippen LogP contribution in [0.4, 0.5) is 0 Å². The lowest BCUT2D eigenvalue weighted by Gasteiger charge is -1.94. The normalized spacial score (nSPS) is 8.27. The van der Waals surface area contributed by atoms with Gasteiger partial charge in [0, 0.05) is 9.13 Å². The first-order valence-electron chi connectivity index (χ1n) is 2.94. The first kappa shape index (κ1) is 8.10. The standard InChI is InChI=1S/C9H4IN/c1-2-8-5-7(6-11)3-4-9(8)10/h1,3-5H. The van der Waals surface area contributed by atoms with Gasteiger partial charge in [0.05, 0.1) is 11.6 Å². The average Bonchev–Trinajstić information content (AvgIpc) is 2.05. The molecule has 0 saturated heterocycles. The van der Waals surface area contributed by atoms with Crippen LogP contribution in [0.15, 0.2) is 18.2 Å². The number of benzene rings is 1. The van der Waals surface area contributed by atoms with Crippen molar-refractivity contribution in [1.82, 2.24) is 0 Å². The molecule has 0 N–H and O–H groups in total. The Labute approximate surface area is 79.2 Å². The Morgan fingerprint density at radius 2 is 2.18 bits per heavy atom. The molecule has 0 unspecified atom stereocenters. The van der Waals surface area contributed by atoms with E-state index in [1.54, 1.807) is 12.1 Å². The maximum Gasteiger partial charge on any atom is 0.0992 e. The lowest BCUT2D eigenvalue weighted by atomic mass is 10.1. The first-order valence-corrected chi connectivity index (χ1v) is 4.02. The molecule has 0 atom stereocenters. The number of nitriles is 1. The number of nitrogens with zero attached hydrogens (tertiary/aromatic N) is 1. The molecular weight excluding hydrogens is 249 g/mol. The fourth-order valence-corrected chi connectivity index (χ4v) is 1.20. The third-order valence-corrected chi connectivity index (χ3v) is 2.19. The third kappa shape index (κ3) is 1.72. The molecule has 0 aromatic heterocycles. The Hall–Kier alpha value is -1.00. The molecule has 0 radical (unpaired) electrons. The Bertz CT molecular complexity index is 355. The van der Waals surface area contributed by atoms with Gasteiger partial charge in [0.2, 0.25) is 0 Å². The van der Waals surface area contributed by atoms with Crippen molar-refractivity contribution in [3.63, 3.8) is 0 Å². The zero-order valence-electron chi connectivity index (χ0n) is 5.63. The zero-order chi connectivity index (χ0) is 8.27. The Morgan fingerprint density at radius 3 is 2.73 bits per heavy atom. The van der Waals surface area contributed by atoms with E-state index in [2.05, 4.69) is 28.5 Å². The van der Waals surface area contributed by atoms with E-state index in [9.17, 15) is 0 Å². The molecule has 1 rings (SSSR count). The summed E-state index contributed by atoms with van der Waals surface area (Å²) in [7, 11) is 0. The van der Waals surface area contributed by atoms with E-state index in [0.717, 1.165) is 9.13 Å². The van der Waals surface area contributed by atoms with Gasteiger partial charge in [-0.25, -0.2) is 0 Å². The van der Waals surface area contributed by atoms with E-state index in [1.807, 2.05) is 12.1 Å². The number of terminal acetylenes is 1. The minimum absolute atomic E-state index is 0.610. The topological polar surface area (TPSA) is 23.8 Å². The molecule has 0 aliphatic rings. The molecule has 0 bridgehead atoms. The molecule has 52 valence electrons. The molecule has 1 aromatic carbocycles. The van der Waals surface area contributed by atoms with Gasteiger partial charge >= 0.3 is 0 Å². The van der Waals surface area contributed by atoms with Crippen LogP contribution < -0.4 is 0 Å². The number of halogens is 1. The molecule has 1 aromatic rings. The largest absolute Gasteiger partial charge is 0.192 e. The molecular formula is C9H4IN. The second kappa shape index (κ2) is 3.41. The molecule has 0 aliphatic carbocycles. The summed E-state index contributed by atoms with van der Waals surface area (Å²) >= 11 is 2.14. The van der Waals surface area contributed by atoms with Crippen LogP contribution >= 0.6 is 22.6 Å². The molecule has 2 heteroatoms. The molecule has 11 heavy (non-hydrogen) atoms. The quantitative estimate of drug-likeness (QED) is 0.513. The summed E-state index contributed by atoms with van der Waals surface area (Å²) in [6, 6.07) is 7.33. The summed E-state index contributed by atoms with van der Waals surface area (Å²) in [5.74, 6) is 2.51. The highest BCUT2D eigenvalue weighted by Gasteiger charge is 1.96. The highest BCUT2D eigenvalue weighted by atomic mass is 127. The van der Waals surface area contributed by atoms with E-state index in [-0.39, 0.29) is 0 Å². The minimum Gasteiger partial charge on any atom is -0.192 e. The van der Waals surface area contributed by atoms with Crippen LogP contribution in [0.25, 0.3) is 0 Å². The molecule has 0 aliphatic heterocycles. The van der Waals surface area contributed by atoms with Gasteiger partial charge in [-0.1, -0.05) is 5.92 Å². The minimum atomic E-state index is 0.610. The molecule has 0 saturated carbocycles. The first-order chi connectivity index (χ1) is 5.27. The summed E-state index contributed by atoms with van der Waals surface area (Å²) in [6.45, 7) is 0. The van der Waals surface area contributed by atoms with Crippen LogP contribution in [0, 0.1) is 27.2 Å². The van der Waals surface area contributed by atoms with Crippen LogP contribution in [0.2, 0.25) is 0 Å². The van der Waals surface area contributed by atoms with Crippen molar-refractivity contribution in [1.29, 1.82) is 5.26 Å². The van der Waals surface area contributed by atoms with Crippen LogP contribution in [-0.2, 0) is 0 Å². The fourth-order valence-electron chi connectivity index (χ4n) is 0.705. The molecule has 0 fully saturated rings. The summed E-state index contributed by atoms with van der Waals surface area (Å²) in [4.78, 5) is 0. The van der Waals surface area contributed by atoms with E-state index in [0.29, 0.717) is 5.56 Å². The van der Waals surface area contributed by atoms with Crippen LogP contribution in [0.5, 0.6) is 0 Å². The lowest BCUT2D eigenvalue weighted by Crippen LogP contribution is -1.82. The van der Waals surface area contributed by atoms with Crippen molar-refractivity contribution in [3.8, 4) is 18.4 Å². The lowest BCUT2D eigenvalue weighted by molar-refractivity contribution is 1.46. The van der Waals surface area contributed by atoms with Gasteiger partial charge in [0.1, 0.15) is 0 Å². The predicted molar refractivity (Wildman–Crippen MR) is 51.8 cm³/mol. The van der Waals surface area contributed by atoms with Crippen molar-refractivity contribution in [2.24, 2.45) is 0 Å². The monoisotopic (exact) mass is 253 g/mol. The summed E-state index contributed by atoms with van der Waals surface area (Å²) in [6.07, 6.45) is 5.21. The maximum absolute atomic E-state index is 8.53. The van der Waals surface area contributed by atoms with Crippen molar-refractivity contribution < 1.29 is 0 Å². The van der Waals surface area contributed by atoms with Crippen LogP contribution in [-0.4, -0.2) is 0 Å². The van der Waals surface area contributed by atoms with E-state index in [1.165, 1.54) is 0 Å². The predicted octanol–water partition coefficient (Wildman–Crippen LogP) is 2.14. The molecule has 1 nitrogen and oxygen atoms in total. The maximum atomic E-state index is 8.53. The zero-order valence-corrected chi connectivity index (χ0v) is 7.79. The highest BCUT2D eigenvalue weighted by Crippen LogP contribution is 2.12. The van der Waals surface area contributed by atoms with Crippen molar-refractivity contribution >= 4 is 22.6 Å². The summed E-state index contributed by atoms with van der Waals surface area (Å²) in [5, 5.41) is 8.53. The Balaban J connectivity index is 3.29. The van der Waals surface area contributed by atoms with Crippen LogP contribution in [0.3, 0.4) is 0 Å². The summed E-state index contributed by atoms with van der Waals surface area (Å²) < 4.78 is 1.00. The second-order valence-electron chi connectivity index (χ2n) is 1.95. The second-order valence-corrected chi connectivity index (χ2v) is 3.11. The number of rotatable bonds is 0. The van der Waals surface area contributed by atoms with Crippen molar-refractivity contribution in [3.05, 3.63) is 32.9 Å². The van der Waals surface area contributed by atoms with Gasteiger partial charge in [-0.05, 0) is 40.8 Å². The Kier molecular flexibility index (Phi) is 2.51.